The normalized spacial score (nSPS) is 16.7. The van der Waals surface area contributed by atoms with Crippen LogP contribution < -0.4 is 19.1 Å². The van der Waals surface area contributed by atoms with Gasteiger partial charge in [-0.05, 0) is 74.0 Å². The molecule has 1 N–H and O–H groups in total. The predicted molar refractivity (Wildman–Crippen MR) is 146 cm³/mol. The monoisotopic (exact) mass is 530 g/mol. The Morgan fingerprint density at radius 1 is 0.921 bits per heavy atom. The molecule has 4 aromatic rings. The van der Waals surface area contributed by atoms with Gasteiger partial charge in [-0.2, -0.15) is 0 Å². The standard InChI is InChI=1S/C29H26N2O6S/c1-4-36-20-12-8-18(9-13-20)26(32)24-25(17-6-10-19(35-3)11-7-17)31(28(34)27(24)33)29-30-22-15-14-21(37-5-2)16-23(22)38-29/h6-16,25,32H,4-5H2,1-3H3. The molecule has 2 heterocycles. The zero-order valence-corrected chi connectivity index (χ0v) is 22.0. The fraction of sp³-hybridized carbons (Fsp3) is 0.207. The molecule has 1 fully saturated rings. The Hall–Kier alpha value is -4.37. The quantitative estimate of drug-likeness (QED) is 0.177. The van der Waals surface area contributed by atoms with Crippen LogP contribution in [0, 0.1) is 0 Å². The Kier molecular flexibility index (Phi) is 7.02. The fourth-order valence-corrected chi connectivity index (χ4v) is 5.44. The minimum atomic E-state index is -0.889. The lowest BCUT2D eigenvalue weighted by atomic mass is 9.95. The minimum Gasteiger partial charge on any atom is -0.507 e. The molecule has 194 valence electrons. The van der Waals surface area contributed by atoms with Crippen LogP contribution in [-0.4, -0.2) is 42.1 Å². The highest BCUT2D eigenvalue weighted by molar-refractivity contribution is 7.22. The first-order valence-electron chi connectivity index (χ1n) is 12.2. The van der Waals surface area contributed by atoms with E-state index in [9.17, 15) is 14.7 Å². The van der Waals surface area contributed by atoms with Gasteiger partial charge in [-0.1, -0.05) is 23.5 Å². The Bertz CT molecular complexity index is 1530. The number of methoxy groups -OCH3 is 1. The SMILES string of the molecule is CCOc1ccc(C(O)=C2C(=O)C(=O)N(c3nc4ccc(OCC)cc4s3)C2c2ccc(OC)cc2)cc1. The molecule has 0 aliphatic carbocycles. The Morgan fingerprint density at radius 2 is 1.55 bits per heavy atom. The van der Waals surface area contributed by atoms with Crippen LogP contribution in [0.5, 0.6) is 17.2 Å². The highest BCUT2D eigenvalue weighted by atomic mass is 32.1. The number of anilines is 1. The smallest absolute Gasteiger partial charge is 0.301 e. The molecule has 8 nitrogen and oxygen atoms in total. The van der Waals surface area contributed by atoms with Gasteiger partial charge in [-0.15, -0.1) is 0 Å². The molecular weight excluding hydrogens is 504 g/mol. The lowest BCUT2D eigenvalue weighted by Gasteiger charge is -2.23. The molecule has 1 saturated heterocycles. The van der Waals surface area contributed by atoms with Crippen molar-refractivity contribution in [1.29, 1.82) is 0 Å². The molecular formula is C29H26N2O6S. The van der Waals surface area contributed by atoms with E-state index in [2.05, 4.69) is 4.98 Å². The summed E-state index contributed by atoms with van der Waals surface area (Å²) in [6, 6.07) is 18.4. The number of ketones is 1. The second-order valence-corrected chi connectivity index (χ2v) is 9.47. The van der Waals surface area contributed by atoms with Crippen molar-refractivity contribution in [1.82, 2.24) is 4.98 Å². The average Bonchev–Trinajstić information content (AvgIpc) is 3.47. The summed E-state index contributed by atoms with van der Waals surface area (Å²) in [6.07, 6.45) is 0. The molecule has 1 unspecified atom stereocenters. The average molecular weight is 531 g/mol. The van der Waals surface area contributed by atoms with E-state index in [1.165, 1.54) is 16.2 Å². The van der Waals surface area contributed by atoms with E-state index < -0.39 is 17.7 Å². The van der Waals surface area contributed by atoms with Crippen molar-refractivity contribution in [3.05, 3.63) is 83.4 Å². The van der Waals surface area contributed by atoms with Crippen LogP contribution in [0.4, 0.5) is 5.13 Å². The number of Topliss-reactive ketones (excluding diaryl/α,β-unsaturated/α-hetero) is 1. The Balaban J connectivity index is 1.65. The van der Waals surface area contributed by atoms with Gasteiger partial charge in [0.1, 0.15) is 23.0 Å². The number of hydrogen-bond donors (Lipinski definition) is 1. The maximum atomic E-state index is 13.5. The van der Waals surface area contributed by atoms with Crippen molar-refractivity contribution in [3.63, 3.8) is 0 Å². The summed E-state index contributed by atoms with van der Waals surface area (Å²) in [4.78, 5) is 32.9. The van der Waals surface area contributed by atoms with Gasteiger partial charge in [0, 0.05) is 5.56 Å². The predicted octanol–water partition coefficient (Wildman–Crippen LogP) is 5.73. The first-order valence-corrected chi connectivity index (χ1v) is 13.0. The number of aliphatic hydroxyl groups is 1. The Labute approximate surface area is 223 Å². The number of nitrogens with zero attached hydrogens (tertiary/aromatic N) is 2. The number of amides is 1. The van der Waals surface area contributed by atoms with Gasteiger partial charge in [0.25, 0.3) is 5.78 Å². The number of aliphatic hydroxyl groups excluding tert-OH is 1. The van der Waals surface area contributed by atoms with Crippen molar-refractivity contribution in [3.8, 4) is 17.2 Å². The molecule has 0 spiro atoms. The first kappa shape index (κ1) is 25.3. The molecule has 1 aromatic heterocycles. The zero-order chi connectivity index (χ0) is 26.8. The van der Waals surface area contributed by atoms with E-state index in [-0.39, 0.29) is 11.3 Å². The molecule has 1 aliphatic rings. The van der Waals surface area contributed by atoms with E-state index in [4.69, 9.17) is 14.2 Å². The molecule has 38 heavy (non-hydrogen) atoms. The third-order valence-electron chi connectivity index (χ3n) is 6.18. The molecule has 1 atom stereocenters. The van der Waals surface area contributed by atoms with Crippen molar-refractivity contribution in [2.45, 2.75) is 19.9 Å². The number of carbonyl (C=O) groups excluding carboxylic acids is 2. The molecule has 1 amide bonds. The largest absolute Gasteiger partial charge is 0.507 e. The summed E-state index contributed by atoms with van der Waals surface area (Å²) < 4.78 is 17.2. The zero-order valence-electron chi connectivity index (χ0n) is 21.1. The van der Waals surface area contributed by atoms with Crippen molar-refractivity contribution < 1.29 is 28.9 Å². The van der Waals surface area contributed by atoms with Crippen LogP contribution in [0.15, 0.2) is 72.3 Å². The van der Waals surface area contributed by atoms with Crippen LogP contribution in [-0.2, 0) is 9.59 Å². The number of thiazole rings is 1. The molecule has 0 radical (unpaired) electrons. The maximum absolute atomic E-state index is 13.5. The summed E-state index contributed by atoms with van der Waals surface area (Å²) in [6.45, 7) is 4.81. The highest BCUT2D eigenvalue weighted by Gasteiger charge is 2.48. The second kappa shape index (κ2) is 10.5. The van der Waals surface area contributed by atoms with Gasteiger partial charge in [0.05, 0.1) is 42.2 Å². The van der Waals surface area contributed by atoms with E-state index in [0.717, 1.165) is 4.70 Å². The fourth-order valence-electron chi connectivity index (χ4n) is 4.41. The van der Waals surface area contributed by atoms with Crippen LogP contribution in [0.3, 0.4) is 0 Å². The summed E-state index contributed by atoms with van der Waals surface area (Å²) >= 11 is 1.28. The molecule has 3 aromatic carbocycles. The maximum Gasteiger partial charge on any atom is 0.301 e. The van der Waals surface area contributed by atoms with Crippen LogP contribution in [0.2, 0.25) is 0 Å². The number of benzene rings is 3. The molecule has 0 saturated carbocycles. The van der Waals surface area contributed by atoms with E-state index in [0.29, 0.717) is 52.2 Å². The number of carbonyl (C=O) groups is 2. The van der Waals surface area contributed by atoms with Gasteiger partial charge < -0.3 is 19.3 Å². The van der Waals surface area contributed by atoms with Crippen molar-refractivity contribution in [2.24, 2.45) is 0 Å². The lowest BCUT2D eigenvalue weighted by Crippen LogP contribution is -2.29. The number of aromatic nitrogens is 1. The van der Waals surface area contributed by atoms with Crippen LogP contribution in [0.25, 0.3) is 16.0 Å². The van der Waals surface area contributed by atoms with Crippen LogP contribution >= 0.6 is 11.3 Å². The van der Waals surface area contributed by atoms with Crippen LogP contribution in [0.1, 0.15) is 31.0 Å². The molecule has 5 rings (SSSR count). The van der Waals surface area contributed by atoms with Gasteiger partial charge in [-0.25, -0.2) is 4.98 Å². The van der Waals surface area contributed by atoms with Gasteiger partial charge in [-0.3, -0.25) is 14.5 Å². The molecule has 1 aliphatic heterocycles. The summed E-state index contributed by atoms with van der Waals surface area (Å²) in [5.74, 6) is 0.139. The minimum absolute atomic E-state index is 0.0152. The summed E-state index contributed by atoms with van der Waals surface area (Å²) in [5.41, 5.74) is 1.69. The van der Waals surface area contributed by atoms with Crippen molar-refractivity contribution >= 4 is 44.1 Å². The molecule has 9 heteroatoms. The number of fused-ring (bicyclic) bond motifs is 1. The highest BCUT2D eigenvalue weighted by Crippen LogP contribution is 2.45. The van der Waals surface area contributed by atoms with Gasteiger partial charge >= 0.3 is 5.91 Å². The topological polar surface area (TPSA) is 98.2 Å². The number of rotatable bonds is 8. The van der Waals surface area contributed by atoms with Gasteiger partial charge in [0.15, 0.2) is 5.13 Å². The Morgan fingerprint density at radius 3 is 2.21 bits per heavy atom. The van der Waals surface area contributed by atoms with Gasteiger partial charge in [0.2, 0.25) is 0 Å². The van der Waals surface area contributed by atoms with E-state index in [1.807, 2.05) is 32.0 Å². The third kappa shape index (κ3) is 4.56. The number of ether oxygens (including phenoxy) is 3. The van der Waals surface area contributed by atoms with E-state index in [1.54, 1.807) is 55.6 Å². The first-order chi connectivity index (χ1) is 18.4. The summed E-state index contributed by atoms with van der Waals surface area (Å²) in [5, 5.41) is 11.7. The second-order valence-electron chi connectivity index (χ2n) is 8.46. The molecule has 0 bridgehead atoms. The number of hydrogen-bond acceptors (Lipinski definition) is 8. The summed E-state index contributed by atoms with van der Waals surface area (Å²) in [7, 11) is 1.56. The third-order valence-corrected chi connectivity index (χ3v) is 7.20. The lowest BCUT2D eigenvalue weighted by molar-refractivity contribution is -0.132. The van der Waals surface area contributed by atoms with E-state index >= 15 is 0 Å². The van der Waals surface area contributed by atoms with Crippen molar-refractivity contribution in [2.75, 3.05) is 25.2 Å².